The molecular weight excluding hydrogens is 274 g/mol. The molecule has 0 saturated heterocycles. The lowest BCUT2D eigenvalue weighted by molar-refractivity contribution is 0.0747. The highest BCUT2D eigenvalue weighted by Crippen LogP contribution is 2.13. The summed E-state index contributed by atoms with van der Waals surface area (Å²) in [6, 6.07) is 14.0. The van der Waals surface area contributed by atoms with Crippen LogP contribution < -0.4 is 0 Å². The Kier molecular flexibility index (Phi) is 3.92. The lowest BCUT2D eigenvalue weighted by Crippen LogP contribution is -2.30. The number of hydrogen-bond donors (Lipinski definition) is 0. The molecule has 0 aliphatic heterocycles. The van der Waals surface area contributed by atoms with E-state index in [0.29, 0.717) is 18.8 Å². The van der Waals surface area contributed by atoms with E-state index in [1.165, 1.54) is 0 Å². The first kappa shape index (κ1) is 14.3. The number of imidazole rings is 1. The van der Waals surface area contributed by atoms with Crippen molar-refractivity contribution in [1.29, 1.82) is 0 Å². The van der Waals surface area contributed by atoms with E-state index in [4.69, 9.17) is 0 Å². The molecule has 4 heteroatoms. The van der Waals surface area contributed by atoms with Gasteiger partial charge in [0.2, 0.25) is 0 Å². The van der Waals surface area contributed by atoms with Crippen molar-refractivity contribution >= 4 is 11.6 Å². The van der Waals surface area contributed by atoms with E-state index >= 15 is 0 Å². The van der Waals surface area contributed by atoms with E-state index in [1.807, 2.05) is 71.8 Å². The minimum atomic E-state index is -0.0329. The molecule has 2 heterocycles. The molecule has 2 aromatic heterocycles. The van der Waals surface area contributed by atoms with Gasteiger partial charge in [0, 0.05) is 25.5 Å². The maximum atomic E-state index is 12.7. The molecule has 0 N–H and O–H groups in total. The molecule has 0 fully saturated rings. The third kappa shape index (κ3) is 2.72. The quantitative estimate of drug-likeness (QED) is 0.740. The number of rotatable bonds is 4. The minimum absolute atomic E-state index is 0.0329. The number of nitrogens with zero attached hydrogens (tertiary/aromatic N) is 3. The average Bonchev–Trinajstić information content (AvgIpc) is 2.98. The zero-order valence-corrected chi connectivity index (χ0v) is 12.9. The summed E-state index contributed by atoms with van der Waals surface area (Å²) in [7, 11) is 0. The maximum absolute atomic E-state index is 12.7. The molecule has 1 amide bonds. The van der Waals surface area contributed by atoms with Crippen molar-refractivity contribution in [2.75, 3.05) is 6.54 Å². The molecule has 4 nitrogen and oxygen atoms in total. The van der Waals surface area contributed by atoms with E-state index in [2.05, 4.69) is 4.98 Å². The van der Waals surface area contributed by atoms with Gasteiger partial charge in [0.15, 0.2) is 0 Å². The first-order valence-electron chi connectivity index (χ1n) is 7.46. The maximum Gasteiger partial charge on any atom is 0.274 e. The molecule has 0 atom stereocenters. The molecule has 22 heavy (non-hydrogen) atoms. The van der Waals surface area contributed by atoms with Crippen molar-refractivity contribution < 1.29 is 4.79 Å². The second-order valence-electron chi connectivity index (χ2n) is 5.35. The zero-order valence-electron chi connectivity index (χ0n) is 12.9. The van der Waals surface area contributed by atoms with Gasteiger partial charge in [0.05, 0.1) is 0 Å². The Morgan fingerprint density at radius 2 is 1.95 bits per heavy atom. The monoisotopic (exact) mass is 293 g/mol. The van der Waals surface area contributed by atoms with Gasteiger partial charge >= 0.3 is 0 Å². The molecular formula is C18H19N3O. The van der Waals surface area contributed by atoms with Crippen LogP contribution in [0.15, 0.2) is 54.9 Å². The summed E-state index contributed by atoms with van der Waals surface area (Å²) in [5.74, 6) is -0.0329. The Labute approximate surface area is 130 Å². The van der Waals surface area contributed by atoms with Gasteiger partial charge in [0.1, 0.15) is 11.3 Å². The number of aromatic nitrogens is 2. The fourth-order valence-electron chi connectivity index (χ4n) is 2.55. The smallest absolute Gasteiger partial charge is 0.274 e. The van der Waals surface area contributed by atoms with E-state index in [0.717, 1.165) is 16.8 Å². The second-order valence-corrected chi connectivity index (χ2v) is 5.35. The van der Waals surface area contributed by atoms with Crippen LogP contribution in [-0.4, -0.2) is 26.7 Å². The molecule has 0 saturated carbocycles. The topological polar surface area (TPSA) is 37.6 Å². The standard InChI is InChI=1S/C18H19N3O/c1-3-20(12-15-9-5-4-6-10-15)18(22)16-13-21-11-7-8-14(2)17(21)19-16/h4-11,13H,3,12H2,1-2H3. The Morgan fingerprint density at radius 3 is 2.64 bits per heavy atom. The van der Waals surface area contributed by atoms with Crippen molar-refractivity contribution in [2.24, 2.45) is 0 Å². The van der Waals surface area contributed by atoms with Crippen molar-refractivity contribution in [3.05, 3.63) is 71.7 Å². The van der Waals surface area contributed by atoms with Crippen LogP contribution in [0.1, 0.15) is 28.5 Å². The van der Waals surface area contributed by atoms with Gasteiger partial charge in [-0.3, -0.25) is 4.79 Å². The highest BCUT2D eigenvalue weighted by Gasteiger charge is 2.18. The molecule has 1 aromatic carbocycles. The summed E-state index contributed by atoms with van der Waals surface area (Å²) in [5, 5.41) is 0. The summed E-state index contributed by atoms with van der Waals surface area (Å²) in [5.41, 5.74) is 3.51. The van der Waals surface area contributed by atoms with Gasteiger partial charge < -0.3 is 9.30 Å². The van der Waals surface area contributed by atoms with E-state index < -0.39 is 0 Å². The third-order valence-corrected chi connectivity index (χ3v) is 3.78. The molecule has 0 unspecified atom stereocenters. The van der Waals surface area contributed by atoms with Crippen molar-refractivity contribution in [2.45, 2.75) is 20.4 Å². The van der Waals surface area contributed by atoms with Crippen LogP contribution in [0.2, 0.25) is 0 Å². The normalized spacial score (nSPS) is 10.8. The van der Waals surface area contributed by atoms with Crippen LogP contribution in [0.3, 0.4) is 0 Å². The summed E-state index contributed by atoms with van der Waals surface area (Å²) in [6.07, 6.45) is 3.72. The number of amides is 1. The summed E-state index contributed by atoms with van der Waals surface area (Å²) < 4.78 is 1.90. The van der Waals surface area contributed by atoms with E-state index in [9.17, 15) is 4.79 Å². The number of hydrogen-bond acceptors (Lipinski definition) is 2. The minimum Gasteiger partial charge on any atom is -0.333 e. The van der Waals surface area contributed by atoms with Crippen molar-refractivity contribution in [3.8, 4) is 0 Å². The van der Waals surface area contributed by atoms with Gasteiger partial charge in [-0.1, -0.05) is 36.4 Å². The fourth-order valence-corrected chi connectivity index (χ4v) is 2.55. The third-order valence-electron chi connectivity index (χ3n) is 3.78. The Hall–Kier alpha value is -2.62. The average molecular weight is 293 g/mol. The zero-order chi connectivity index (χ0) is 15.5. The molecule has 3 aromatic rings. The number of pyridine rings is 1. The van der Waals surface area contributed by atoms with Crippen LogP contribution in [0.5, 0.6) is 0 Å². The SMILES string of the molecule is CCN(Cc1ccccc1)C(=O)c1cn2cccc(C)c2n1. The molecule has 3 rings (SSSR count). The van der Waals surface area contributed by atoms with Crippen molar-refractivity contribution in [1.82, 2.24) is 14.3 Å². The number of fused-ring (bicyclic) bond motifs is 1. The predicted octanol–water partition coefficient (Wildman–Crippen LogP) is 3.31. The van der Waals surface area contributed by atoms with Crippen LogP contribution in [0.25, 0.3) is 5.65 Å². The lowest BCUT2D eigenvalue weighted by Gasteiger charge is -2.19. The first-order valence-corrected chi connectivity index (χ1v) is 7.46. The van der Waals surface area contributed by atoms with E-state index in [-0.39, 0.29) is 5.91 Å². The number of carbonyl (C=O) groups is 1. The largest absolute Gasteiger partial charge is 0.333 e. The van der Waals surface area contributed by atoms with Gasteiger partial charge in [-0.25, -0.2) is 4.98 Å². The van der Waals surface area contributed by atoms with Gasteiger partial charge in [-0.2, -0.15) is 0 Å². The molecule has 0 spiro atoms. The van der Waals surface area contributed by atoms with Gasteiger partial charge in [-0.15, -0.1) is 0 Å². The Balaban J connectivity index is 1.88. The molecule has 0 radical (unpaired) electrons. The Bertz CT molecular complexity index is 792. The summed E-state index contributed by atoms with van der Waals surface area (Å²) in [6.45, 7) is 5.24. The predicted molar refractivity (Wildman–Crippen MR) is 86.8 cm³/mol. The van der Waals surface area contributed by atoms with Crippen LogP contribution in [0, 0.1) is 6.92 Å². The Morgan fingerprint density at radius 1 is 1.18 bits per heavy atom. The van der Waals surface area contributed by atoms with E-state index in [1.54, 1.807) is 6.20 Å². The van der Waals surface area contributed by atoms with Crippen molar-refractivity contribution in [3.63, 3.8) is 0 Å². The summed E-state index contributed by atoms with van der Waals surface area (Å²) in [4.78, 5) is 19.0. The van der Waals surface area contributed by atoms with Gasteiger partial charge in [-0.05, 0) is 31.0 Å². The lowest BCUT2D eigenvalue weighted by atomic mass is 10.2. The highest BCUT2D eigenvalue weighted by molar-refractivity contribution is 5.93. The fraction of sp³-hybridized carbons (Fsp3) is 0.222. The number of aryl methyl sites for hydroxylation is 1. The van der Waals surface area contributed by atoms with Gasteiger partial charge in [0.25, 0.3) is 5.91 Å². The number of benzene rings is 1. The van der Waals surface area contributed by atoms with Crippen LogP contribution in [0.4, 0.5) is 0 Å². The molecule has 0 aliphatic rings. The highest BCUT2D eigenvalue weighted by atomic mass is 16.2. The second kappa shape index (κ2) is 6.02. The van der Waals surface area contributed by atoms with Crippen LogP contribution in [-0.2, 0) is 6.54 Å². The molecule has 0 aliphatic carbocycles. The first-order chi connectivity index (χ1) is 10.7. The summed E-state index contributed by atoms with van der Waals surface area (Å²) >= 11 is 0. The molecule has 0 bridgehead atoms. The number of carbonyl (C=O) groups excluding carboxylic acids is 1. The molecule has 112 valence electrons. The van der Waals surface area contributed by atoms with Crippen LogP contribution >= 0.6 is 0 Å².